The highest BCUT2D eigenvalue weighted by Crippen LogP contribution is 2.09. The van der Waals surface area contributed by atoms with E-state index in [1.807, 2.05) is 6.07 Å². The number of aromatic nitrogens is 2. The Morgan fingerprint density at radius 1 is 1.38 bits per heavy atom. The zero-order valence-electron chi connectivity index (χ0n) is 11.8. The second-order valence-electron chi connectivity index (χ2n) is 4.35. The largest absolute Gasteiger partial charge is 0.383 e. The number of rotatable bonds is 6. The summed E-state index contributed by atoms with van der Waals surface area (Å²) >= 11 is 0. The molecular weight excluding hydrogens is 273 g/mol. The predicted molar refractivity (Wildman–Crippen MR) is 78.7 cm³/mol. The molecule has 112 valence electrons. The average Bonchev–Trinajstić information content (AvgIpc) is 2.95. The zero-order chi connectivity index (χ0) is 15.1. The van der Waals surface area contributed by atoms with Crippen molar-refractivity contribution in [2.45, 2.75) is 6.54 Å². The Morgan fingerprint density at radius 3 is 2.86 bits per heavy atom. The summed E-state index contributed by atoms with van der Waals surface area (Å²) in [5.41, 5.74) is 7.27. The van der Waals surface area contributed by atoms with Crippen LogP contribution in [0.5, 0.6) is 0 Å². The molecule has 0 fully saturated rings. The minimum atomic E-state index is -0.273. The van der Waals surface area contributed by atoms with Gasteiger partial charge >= 0.3 is 0 Å². The van der Waals surface area contributed by atoms with Crippen LogP contribution in [0.1, 0.15) is 5.69 Å². The molecule has 7 heteroatoms. The summed E-state index contributed by atoms with van der Waals surface area (Å²) in [5.74, 6) is 0.0778. The summed E-state index contributed by atoms with van der Waals surface area (Å²) < 4.78 is 19.4. The van der Waals surface area contributed by atoms with Crippen molar-refractivity contribution in [3.05, 3.63) is 48.0 Å². The smallest absolute Gasteiger partial charge is 0.189 e. The lowest BCUT2D eigenvalue weighted by atomic mass is 10.3. The molecular formula is C14H18FN5O. The molecule has 21 heavy (non-hydrogen) atoms. The Bertz CT molecular complexity index is 594. The normalized spacial score (nSPS) is 11.6. The third-order valence-corrected chi connectivity index (χ3v) is 2.76. The number of nitrogens with zero attached hydrogens (tertiary/aromatic N) is 3. The number of guanidine groups is 1. The summed E-state index contributed by atoms with van der Waals surface area (Å²) in [6, 6.07) is 7.96. The van der Waals surface area contributed by atoms with Gasteiger partial charge in [0.15, 0.2) is 5.96 Å². The summed E-state index contributed by atoms with van der Waals surface area (Å²) in [6.07, 6.45) is 1.80. The van der Waals surface area contributed by atoms with E-state index in [9.17, 15) is 4.39 Å². The molecule has 0 amide bonds. The van der Waals surface area contributed by atoms with Crippen LogP contribution in [0.15, 0.2) is 41.5 Å². The highest BCUT2D eigenvalue weighted by Gasteiger charge is 2.01. The van der Waals surface area contributed by atoms with Crippen molar-refractivity contribution >= 4 is 5.96 Å². The number of aliphatic imine (C=N–C) groups is 1. The van der Waals surface area contributed by atoms with Gasteiger partial charge < -0.3 is 15.8 Å². The minimum Gasteiger partial charge on any atom is -0.383 e. The maximum Gasteiger partial charge on any atom is 0.189 e. The van der Waals surface area contributed by atoms with E-state index < -0.39 is 0 Å². The summed E-state index contributed by atoms with van der Waals surface area (Å²) in [5, 5.41) is 7.28. The SMILES string of the molecule is COCCNC(N)=NCc1ccn(-c2ccc(F)cc2)n1. The molecule has 1 aromatic carbocycles. The molecule has 0 radical (unpaired) electrons. The first-order chi connectivity index (χ1) is 10.2. The van der Waals surface area contributed by atoms with Crippen LogP contribution in [0.3, 0.4) is 0 Å². The second-order valence-corrected chi connectivity index (χ2v) is 4.35. The lowest BCUT2D eigenvalue weighted by Crippen LogP contribution is -2.34. The molecule has 0 spiro atoms. The summed E-state index contributed by atoms with van der Waals surface area (Å²) in [7, 11) is 1.62. The van der Waals surface area contributed by atoms with Crippen molar-refractivity contribution in [1.82, 2.24) is 15.1 Å². The van der Waals surface area contributed by atoms with Crippen LogP contribution in [0.2, 0.25) is 0 Å². The van der Waals surface area contributed by atoms with Crippen LogP contribution < -0.4 is 11.1 Å². The number of halogens is 1. The van der Waals surface area contributed by atoms with Crippen molar-refractivity contribution in [1.29, 1.82) is 0 Å². The van der Waals surface area contributed by atoms with Gasteiger partial charge in [-0.3, -0.25) is 0 Å². The topological polar surface area (TPSA) is 77.5 Å². The number of benzene rings is 1. The highest BCUT2D eigenvalue weighted by atomic mass is 19.1. The number of nitrogens with one attached hydrogen (secondary N) is 1. The van der Waals surface area contributed by atoms with Crippen molar-refractivity contribution < 1.29 is 9.13 Å². The average molecular weight is 291 g/mol. The fraction of sp³-hybridized carbons (Fsp3) is 0.286. The molecule has 0 saturated carbocycles. The number of hydrogen-bond donors (Lipinski definition) is 2. The van der Waals surface area contributed by atoms with Gasteiger partial charge in [0.1, 0.15) is 5.82 Å². The van der Waals surface area contributed by atoms with E-state index in [2.05, 4.69) is 15.4 Å². The fourth-order valence-corrected chi connectivity index (χ4v) is 1.69. The Kier molecular flexibility index (Phi) is 5.28. The van der Waals surface area contributed by atoms with E-state index in [0.29, 0.717) is 25.7 Å². The van der Waals surface area contributed by atoms with Crippen LogP contribution in [-0.4, -0.2) is 36.0 Å². The van der Waals surface area contributed by atoms with E-state index in [-0.39, 0.29) is 5.82 Å². The Morgan fingerprint density at radius 2 is 2.14 bits per heavy atom. The van der Waals surface area contributed by atoms with Gasteiger partial charge in [-0.1, -0.05) is 0 Å². The van der Waals surface area contributed by atoms with Gasteiger partial charge in [0.25, 0.3) is 0 Å². The first kappa shape index (κ1) is 15.0. The monoisotopic (exact) mass is 291 g/mol. The molecule has 0 aliphatic carbocycles. The lowest BCUT2D eigenvalue weighted by Gasteiger charge is -2.03. The summed E-state index contributed by atoms with van der Waals surface area (Å²) in [4.78, 5) is 4.18. The maximum atomic E-state index is 12.9. The molecule has 0 aliphatic rings. The van der Waals surface area contributed by atoms with Crippen molar-refractivity contribution in [2.24, 2.45) is 10.7 Å². The highest BCUT2D eigenvalue weighted by molar-refractivity contribution is 5.77. The first-order valence-corrected chi connectivity index (χ1v) is 6.52. The van der Waals surface area contributed by atoms with Crippen LogP contribution in [0.4, 0.5) is 4.39 Å². The fourth-order valence-electron chi connectivity index (χ4n) is 1.69. The third-order valence-electron chi connectivity index (χ3n) is 2.76. The second kappa shape index (κ2) is 7.39. The van der Waals surface area contributed by atoms with Crippen molar-refractivity contribution in [2.75, 3.05) is 20.3 Å². The molecule has 0 atom stereocenters. The molecule has 0 aliphatic heterocycles. The molecule has 2 rings (SSSR count). The quantitative estimate of drug-likeness (QED) is 0.474. The van der Waals surface area contributed by atoms with E-state index in [1.54, 1.807) is 30.1 Å². The predicted octanol–water partition coefficient (Wildman–Crippen LogP) is 1.06. The summed E-state index contributed by atoms with van der Waals surface area (Å²) in [6.45, 7) is 1.55. The van der Waals surface area contributed by atoms with Crippen LogP contribution >= 0.6 is 0 Å². The maximum absolute atomic E-state index is 12.9. The number of nitrogens with two attached hydrogens (primary N) is 1. The molecule has 0 bridgehead atoms. The Hall–Kier alpha value is -2.41. The van der Waals surface area contributed by atoms with Crippen LogP contribution in [0.25, 0.3) is 5.69 Å². The van der Waals surface area contributed by atoms with Crippen LogP contribution in [0, 0.1) is 5.82 Å². The van der Waals surface area contributed by atoms with Crippen LogP contribution in [-0.2, 0) is 11.3 Å². The minimum absolute atomic E-state index is 0.273. The van der Waals surface area contributed by atoms with Crippen molar-refractivity contribution in [3.8, 4) is 5.69 Å². The third kappa shape index (κ3) is 4.57. The van der Waals surface area contributed by atoms with Gasteiger partial charge in [-0.15, -0.1) is 0 Å². The first-order valence-electron chi connectivity index (χ1n) is 6.52. The molecule has 3 N–H and O–H groups in total. The standard InChI is InChI=1S/C14H18FN5O/c1-21-9-7-17-14(16)18-10-12-6-8-20(19-12)13-4-2-11(15)3-5-13/h2-6,8H,7,9-10H2,1H3,(H3,16,17,18). The van der Waals surface area contributed by atoms with E-state index in [4.69, 9.17) is 10.5 Å². The molecule has 1 heterocycles. The lowest BCUT2D eigenvalue weighted by molar-refractivity contribution is 0.204. The molecule has 6 nitrogen and oxygen atoms in total. The zero-order valence-corrected chi connectivity index (χ0v) is 11.8. The van der Waals surface area contributed by atoms with Gasteiger partial charge in [-0.05, 0) is 30.3 Å². The van der Waals surface area contributed by atoms with E-state index in [1.165, 1.54) is 12.1 Å². The molecule has 0 saturated heterocycles. The van der Waals surface area contributed by atoms with Crippen molar-refractivity contribution in [3.63, 3.8) is 0 Å². The molecule has 0 unspecified atom stereocenters. The van der Waals surface area contributed by atoms with Gasteiger partial charge in [0, 0.05) is 19.9 Å². The van der Waals surface area contributed by atoms with Gasteiger partial charge in [0.05, 0.1) is 24.5 Å². The molecule has 1 aromatic heterocycles. The Labute approximate surface area is 122 Å². The van der Waals surface area contributed by atoms with E-state index >= 15 is 0 Å². The number of methoxy groups -OCH3 is 1. The van der Waals surface area contributed by atoms with Gasteiger partial charge in [0.2, 0.25) is 0 Å². The Balaban J connectivity index is 1.94. The number of ether oxygens (including phenoxy) is 1. The molecule has 2 aromatic rings. The number of hydrogen-bond acceptors (Lipinski definition) is 3. The van der Waals surface area contributed by atoms with Gasteiger partial charge in [-0.25, -0.2) is 14.1 Å². The van der Waals surface area contributed by atoms with E-state index in [0.717, 1.165) is 11.4 Å². The van der Waals surface area contributed by atoms with Gasteiger partial charge in [-0.2, -0.15) is 5.10 Å².